The Bertz CT molecular complexity index is 1180. The average Bonchev–Trinajstić information content (AvgIpc) is 2.94. The van der Waals surface area contributed by atoms with Crippen molar-refractivity contribution in [2.24, 2.45) is 5.92 Å². The second-order valence-corrected chi connectivity index (χ2v) is 10.8. The minimum Gasteiger partial charge on any atom is -0.389 e. The van der Waals surface area contributed by atoms with E-state index in [1.165, 1.54) is 14.0 Å². The van der Waals surface area contributed by atoms with Crippen molar-refractivity contribution >= 4 is 17.7 Å². The van der Waals surface area contributed by atoms with Crippen LogP contribution in [-0.2, 0) is 32.1 Å². The molecule has 0 aromatic heterocycles. The first-order chi connectivity index (χ1) is 20.0. The standard InChI is InChI=1S/C31H42F2N4O5/c1-5-24(18-37(21(3)38)20(2)19-42-4)30(40)35-27(15-23-13-25(32)16-26(33)14-23)29(39)28-31(41)36(12-11-34-28)17-22-9-7-6-8-10-22/h6-10,13-14,16,20,24,27-29,34,39H,5,11-12,15,17-19H2,1-4H3,(H,35,40). The van der Waals surface area contributed by atoms with Crippen LogP contribution in [0.4, 0.5) is 8.78 Å². The molecule has 1 aliphatic heterocycles. The molecule has 1 heterocycles. The number of methoxy groups -OCH3 is 1. The monoisotopic (exact) mass is 588 g/mol. The first kappa shape index (κ1) is 33.1. The number of aliphatic hydroxyl groups is 1. The zero-order chi connectivity index (χ0) is 30.8. The van der Waals surface area contributed by atoms with E-state index < -0.39 is 41.6 Å². The molecular weight excluding hydrogens is 546 g/mol. The first-order valence-electron chi connectivity index (χ1n) is 14.3. The highest BCUT2D eigenvalue weighted by atomic mass is 19.1. The van der Waals surface area contributed by atoms with Gasteiger partial charge < -0.3 is 30.3 Å². The molecular formula is C31H42F2N4O5. The van der Waals surface area contributed by atoms with Gasteiger partial charge in [0, 0.05) is 46.3 Å². The smallest absolute Gasteiger partial charge is 0.242 e. The quantitative estimate of drug-likeness (QED) is 0.312. The van der Waals surface area contributed by atoms with Gasteiger partial charge in [-0.3, -0.25) is 14.4 Å². The van der Waals surface area contributed by atoms with Gasteiger partial charge in [0.2, 0.25) is 17.7 Å². The van der Waals surface area contributed by atoms with Gasteiger partial charge in [-0.25, -0.2) is 8.78 Å². The van der Waals surface area contributed by atoms with Crippen molar-refractivity contribution in [2.45, 2.75) is 64.4 Å². The van der Waals surface area contributed by atoms with Crippen LogP contribution in [0, 0.1) is 17.6 Å². The van der Waals surface area contributed by atoms with Crippen molar-refractivity contribution < 1.29 is 33.0 Å². The van der Waals surface area contributed by atoms with Gasteiger partial charge in [0.15, 0.2) is 0 Å². The van der Waals surface area contributed by atoms with Gasteiger partial charge in [0.1, 0.15) is 17.7 Å². The van der Waals surface area contributed by atoms with E-state index in [9.17, 15) is 28.3 Å². The number of aliphatic hydroxyl groups excluding tert-OH is 1. The van der Waals surface area contributed by atoms with Gasteiger partial charge in [-0.15, -0.1) is 0 Å². The van der Waals surface area contributed by atoms with Crippen LogP contribution in [-0.4, -0.2) is 90.2 Å². The Hall–Kier alpha value is -3.41. The summed E-state index contributed by atoms with van der Waals surface area (Å²) in [5.74, 6) is -3.23. The zero-order valence-corrected chi connectivity index (χ0v) is 24.7. The molecule has 0 bridgehead atoms. The van der Waals surface area contributed by atoms with Crippen LogP contribution in [0.15, 0.2) is 48.5 Å². The minimum absolute atomic E-state index is 0.116. The van der Waals surface area contributed by atoms with E-state index in [0.717, 1.165) is 23.8 Å². The fourth-order valence-electron chi connectivity index (χ4n) is 5.33. The van der Waals surface area contributed by atoms with E-state index in [2.05, 4.69) is 10.6 Å². The van der Waals surface area contributed by atoms with E-state index in [1.54, 1.807) is 9.80 Å². The summed E-state index contributed by atoms with van der Waals surface area (Å²) >= 11 is 0. The third-order valence-corrected chi connectivity index (χ3v) is 7.62. The van der Waals surface area contributed by atoms with Crippen molar-refractivity contribution in [1.29, 1.82) is 0 Å². The molecule has 42 heavy (non-hydrogen) atoms. The number of amides is 3. The average molecular weight is 589 g/mol. The van der Waals surface area contributed by atoms with Gasteiger partial charge >= 0.3 is 0 Å². The van der Waals surface area contributed by atoms with Gasteiger partial charge in [0.05, 0.1) is 30.7 Å². The van der Waals surface area contributed by atoms with Crippen molar-refractivity contribution in [1.82, 2.24) is 20.4 Å². The van der Waals surface area contributed by atoms with E-state index in [4.69, 9.17) is 4.74 Å². The summed E-state index contributed by atoms with van der Waals surface area (Å²) in [6, 6.07) is 10.1. The maximum absolute atomic E-state index is 14.0. The van der Waals surface area contributed by atoms with Crippen LogP contribution < -0.4 is 10.6 Å². The Morgan fingerprint density at radius 3 is 2.43 bits per heavy atom. The van der Waals surface area contributed by atoms with Crippen LogP contribution in [0.1, 0.15) is 38.3 Å². The third kappa shape index (κ3) is 9.04. The summed E-state index contributed by atoms with van der Waals surface area (Å²) in [6.45, 7) is 6.66. The lowest BCUT2D eigenvalue weighted by Crippen LogP contribution is -2.64. The lowest BCUT2D eigenvalue weighted by Gasteiger charge is -2.38. The molecule has 1 saturated heterocycles. The first-order valence-corrected chi connectivity index (χ1v) is 14.3. The van der Waals surface area contributed by atoms with Crippen molar-refractivity contribution in [3.8, 4) is 0 Å². The number of nitrogens with zero attached hydrogens (tertiary/aromatic N) is 2. The number of halogens is 2. The van der Waals surface area contributed by atoms with Gasteiger partial charge in [0.25, 0.3) is 0 Å². The molecule has 3 amide bonds. The van der Waals surface area contributed by atoms with Crippen molar-refractivity contribution in [3.05, 3.63) is 71.3 Å². The van der Waals surface area contributed by atoms with E-state index in [1.807, 2.05) is 44.2 Å². The molecule has 3 rings (SSSR count). The van der Waals surface area contributed by atoms with Gasteiger partial charge in [-0.1, -0.05) is 37.3 Å². The number of rotatable bonds is 14. The normalized spacial score (nSPS) is 18.2. The lowest BCUT2D eigenvalue weighted by atomic mass is 9.93. The molecule has 2 aromatic carbocycles. The molecule has 0 spiro atoms. The minimum atomic E-state index is -1.42. The summed E-state index contributed by atoms with van der Waals surface area (Å²) < 4.78 is 33.3. The SMILES string of the molecule is CCC(CN(C(C)=O)C(C)COC)C(=O)NC(Cc1cc(F)cc(F)c1)C(O)C1NCCN(Cc2ccccc2)C1=O. The molecule has 1 aliphatic rings. The second kappa shape index (κ2) is 15.7. The Kier molecular flexibility index (Phi) is 12.4. The van der Waals surface area contributed by atoms with E-state index >= 15 is 0 Å². The number of carbonyl (C=O) groups excluding carboxylic acids is 3. The fourth-order valence-corrected chi connectivity index (χ4v) is 5.33. The predicted molar refractivity (Wildman–Crippen MR) is 154 cm³/mol. The molecule has 230 valence electrons. The van der Waals surface area contributed by atoms with Crippen LogP contribution in [0.5, 0.6) is 0 Å². The van der Waals surface area contributed by atoms with Crippen LogP contribution in [0.25, 0.3) is 0 Å². The summed E-state index contributed by atoms with van der Waals surface area (Å²) in [7, 11) is 1.53. The predicted octanol–water partition coefficient (Wildman–Crippen LogP) is 2.26. The fraction of sp³-hybridized carbons (Fsp3) is 0.516. The Morgan fingerprint density at radius 1 is 1.17 bits per heavy atom. The Morgan fingerprint density at radius 2 is 1.83 bits per heavy atom. The number of nitrogens with one attached hydrogen (secondary N) is 2. The number of hydrogen-bond acceptors (Lipinski definition) is 6. The largest absolute Gasteiger partial charge is 0.389 e. The van der Waals surface area contributed by atoms with Gasteiger partial charge in [-0.05, 0) is 43.0 Å². The molecule has 5 unspecified atom stereocenters. The summed E-state index contributed by atoms with van der Waals surface area (Å²) in [5.41, 5.74) is 1.15. The summed E-state index contributed by atoms with van der Waals surface area (Å²) in [4.78, 5) is 42.6. The molecule has 2 aromatic rings. The highest BCUT2D eigenvalue weighted by Crippen LogP contribution is 2.18. The lowest BCUT2D eigenvalue weighted by molar-refractivity contribution is -0.142. The Balaban J connectivity index is 1.84. The van der Waals surface area contributed by atoms with Gasteiger partial charge in [-0.2, -0.15) is 0 Å². The van der Waals surface area contributed by atoms with Crippen molar-refractivity contribution in [3.63, 3.8) is 0 Å². The summed E-state index contributed by atoms with van der Waals surface area (Å²) in [5, 5.41) is 17.4. The topological polar surface area (TPSA) is 111 Å². The maximum atomic E-state index is 14.0. The maximum Gasteiger partial charge on any atom is 0.242 e. The number of piperazine rings is 1. The molecule has 3 N–H and O–H groups in total. The van der Waals surface area contributed by atoms with Crippen molar-refractivity contribution in [2.75, 3.05) is 33.4 Å². The van der Waals surface area contributed by atoms with Crippen LogP contribution in [0.3, 0.4) is 0 Å². The van der Waals surface area contributed by atoms with E-state index in [-0.39, 0.29) is 36.4 Å². The third-order valence-electron chi connectivity index (χ3n) is 7.62. The van der Waals surface area contributed by atoms with Crippen LogP contribution >= 0.6 is 0 Å². The molecule has 9 nitrogen and oxygen atoms in total. The number of carbonyl (C=O) groups is 3. The summed E-state index contributed by atoms with van der Waals surface area (Å²) in [6.07, 6.45) is -1.16. The molecule has 5 atom stereocenters. The van der Waals surface area contributed by atoms with Crippen LogP contribution in [0.2, 0.25) is 0 Å². The highest BCUT2D eigenvalue weighted by Gasteiger charge is 2.39. The number of benzene rings is 2. The van der Waals surface area contributed by atoms with E-state index in [0.29, 0.717) is 32.7 Å². The number of ether oxygens (including phenoxy) is 1. The molecule has 0 aliphatic carbocycles. The number of hydrogen-bond donors (Lipinski definition) is 3. The molecule has 11 heteroatoms. The second-order valence-electron chi connectivity index (χ2n) is 10.8. The highest BCUT2D eigenvalue weighted by molar-refractivity contribution is 5.84. The molecule has 1 fully saturated rings. The zero-order valence-electron chi connectivity index (χ0n) is 24.7. The molecule has 0 radical (unpaired) electrons. The Labute approximate surface area is 246 Å². The molecule has 0 saturated carbocycles.